The molecule has 5 nitrogen and oxygen atoms in total. The molecular formula is C11H12FNO4. The van der Waals surface area contributed by atoms with E-state index in [1.54, 1.807) is 0 Å². The van der Waals surface area contributed by atoms with Gasteiger partial charge >= 0.3 is 5.97 Å². The van der Waals surface area contributed by atoms with Crippen molar-refractivity contribution in [2.75, 3.05) is 13.7 Å². The minimum Gasteiger partial charge on any atom is -0.480 e. The first-order valence-corrected chi connectivity index (χ1v) is 4.84. The predicted molar refractivity (Wildman–Crippen MR) is 57.0 cm³/mol. The van der Waals surface area contributed by atoms with Crippen LogP contribution in [-0.2, 0) is 4.79 Å². The SMILES string of the molecule is CN(C(=O)c1ccccc1F)C(CO)C(=O)O. The number of hydrogen-bond donors (Lipinski definition) is 2. The summed E-state index contributed by atoms with van der Waals surface area (Å²) in [4.78, 5) is 23.3. The van der Waals surface area contributed by atoms with Gasteiger partial charge in [0.15, 0.2) is 6.04 Å². The van der Waals surface area contributed by atoms with Crippen molar-refractivity contribution in [2.45, 2.75) is 6.04 Å². The van der Waals surface area contributed by atoms with E-state index in [0.29, 0.717) is 0 Å². The lowest BCUT2D eigenvalue weighted by atomic mass is 10.1. The molecule has 1 atom stereocenters. The third kappa shape index (κ3) is 2.79. The molecule has 0 bridgehead atoms. The van der Waals surface area contributed by atoms with E-state index >= 15 is 0 Å². The number of aliphatic carboxylic acids is 1. The zero-order chi connectivity index (χ0) is 13.0. The molecule has 1 aromatic carbocycles. The van der Waals surface area contributed by atoms with Gasteiger partial charge in [0, 0.05) is 7.05 Å². The van der Waals surface area contributed by atoms with E-state index < -0.39 is 30.3 Å². The van der Waals surface area contributed by atoms with Gasteiger partial charge in [0.2, 0.25) is 0 Å². The number of aliphatic hydroxyl groups is 1. The molecule has 0 saturated carbocycles. The van der Waals surface area contributed by atoms with Crippen molar-refractivity contribution in [3.63, 3.8) is 0 Å². The molecule has 2 N–H and O–H groups in total. The molecule has 0 heterocycles. The third-order valence-corrected chi connectivity index (χ3v) is 2.35. The van der Waals surface area contributed by atoms with Gasteiger partial charge in [0.25, 0.3) is 5.91 Å². The highest BCUT2D eigenvalue weighted by molar-refractivity contribution is 5.96. The maximum atomic E-state index is 13.3. The van der Waals surface area contributed by atoms with E-state index in [2.05, 4.69) is 0 Å². The smallest absolute Gasteiger partial charge is 0.328 e. The minimum absolute atomic E-state index is 0.227. The molecule has 0 saturated heterocycles. The topological polar surface area (TPSA) is 77.8 Å². The lowest BCUT2D eigenvalue weighted by Gasteiger charge is -2.23. The molecule has 0 aliphatic heterocycles. The van der Waals surface area contributed by atoms with Crippen molar-refractivity contribution in [1.29, 1.82) is 0 Å². The van der Waals surface area contributed by atoms with Crippen molar-refractivity contribution in [1.82, 2.24) is 4.90 Å². The molecule has 0 aromatic heterocycles. The summed E-state index contributed by atoms with van der Waals surface area (Å²) >= 11 is 0. The van der Waals surface area contributed by atoms with Crippen molar-refractivity contribution in [3.05, 3.63) is 35.6 Å². The van der Waals surface area contributed by atoms with Gasteiger partial charge in [-0.1, -0.05) is 12.1 Å². The average molecular weight is 241 g/mol. The lowest BCUT2D eigenvalue weighted by molar-refractivity contribution is -0.143. The number of nitrogens with zero attached hydrogens (tertiary/aromatic N) is 1. The molecule has 1 aromatic rings. The Bertz CT molecular complexity index is 435. The Kier molecular flexibility index (Phi) is 4.17. The van der Waals surface area contributed by atoms with E-state index in [1.165, 1.54) is 25.2 Å². The van der Waals surface area contributed by atoms with E-state index in [4.69, 9.17) is 10.2 Å². The third-order valence-electron chi connectivity index (χ3n) is 2.35. The van der Waals surface area contributed by atoms with Crippen molar-refractivity contribution in [2.24, 2.45) is 0 Å². The molecule has 17 heavy (non-hydrogen) atoms. The van der Waals surface area contributed by atoms with Gasteiger partial charge < -0.3 is 15.1 Å². The molecule has 0 radical (unpaired) electrons. The van der Waals surface area contributed by atoms with Crippen LogP contribution in [0.4, 0.5) is 4.39 Å². The minimum atomic E-state index is -1.39. The fourth-order valence-electron chi connectivity index (χ4n) is 1.33. The molecule has 0 aliphatic rings. The van der Waals surface area contributed by atoms with Gasteiger partial charge in [-0.2, -0.15) is 0 Å². The molecule has 1 amide bonds. The van der Waals surface area contributed by atoms with Crippen LogP contribution in [0.2, 0.25) is 0 Å². The van der Waals surface area contributed by atoms with E-state index in [0.717, 1.165) is 11.0 Å². The summed E-state index contributed by atoms with van der Waals surface area (Å²) in [6.45, 7) is -0.730. The summed E-state index contributed by atoms with van der Waals surface area (Å²) in [5.74, 6) is -2.87. The Balaban J connectivity index is 2.98. The number of carbonyl (C=O) groups excluding carboxylic acids is 1. The van der Waals surface area contributed by atoms with Crippen LogP contribution in [0, 0.1) is 5.82 Å². The highest BCUT2D eigenvalue weighted by Gasteiger charge is 2.27. The predicted octanol–water partition coefficient (Wildman–Crippen LogP) is 0.343. The van der Waals surface area contributed by atoms with Crippen LogP contribution in [-0.4, -0.2) is 46.7 Å². The van der Waals surface area contributed by atoms with Gasteiger partial charge in [0.05, 0.1) is 12.2 Å². The highest BCUT2D eigenvalue weighted by Crippen LogP contribution is 2.11. The first-order valence-electron chi connectivity index (χ1n) is 4.84. The second-order valence-corrected chi connectivity index (χ2v) is 3.43. The molecule has 1 unspecified atom stereocenters. The number of hydrogen-bond acceptors (Lipinski definition) is 3. The number of carbonyl (C=O) groups is 2. The molecule has 92 valence electrons. The number of carboxylic acid groups (broad SMARTS) is 1. The average Bonchev–Trinajstić information content (AvgIpc) is 2.29. The fraction of sp³-hybridized carbons (Fsp3) is 0.273. The van der Waals surface area contributed by atoms with Crippen molar-refractivity contribution >= 4 is 11.9 Å². The summed E-state index contributed by atoms with van der Waals surface area (Å²) in [7, 11) is 1.20. The molecule has 0 spiro atoms. The second kappa shape index (κ2) is 5.40. The number of likely N-dealkylation sites (N-methyl/N-ethyl adjacent to an activating group) is 1. The number of halogens is 1. The highest BCUT2D eigenvalue weighted by atomic mass is 19.1. The number of benzene rings is 1. The van der Waals surface area contributed by atoms with Crippen LogP contribution in [0.15, 0.2) is 24.3 Å². The summed E-state index contributed by atoms with van der Waals surface area (Å²) in [5.41, 5.74) is -0.227. The van der Waals surface area contributed by atoms with E-state index in [-0.39, 0.29) is 5.56 Å². The second-order valence-electron chi connectivity index (χ2n) is 3.43. The standard InChI is InChI=1S/C11H12FNO4/c1-13(9(6-14)11(16)17)10(15)7-4-2-3-5-8(7)12/h2-5,9,14H,6H2,1H3,(H,16,17). The normalized spacial score (nSPS) is 11.9. The molecule has 0 aliphatic carbocycles. The monoisotopic (exact) mass is 241 g/mol. The lowest BCUT2D eigenvalue weighted by Crippen LogP contribution is -2.45. The largest absolute Gasteiger partial charge is 0.480 e. The number of carboxylic acids is 1. The van der Waals surface area contributed by atoms with Crippen LogP contribution in [0.5, 0.6) is 0 Å². The van der Waals surface area contributed by atoms with E-state index in [9.17, 15) is 14.0 Å². The maximum absolute atomic E-state index is 13.3. The van der Waals surface area contributed by atoms with Gasteiger partial charge in [0.1, 0.15) is 5.82 Å². The molecule has 0 fully saturated rings. The quantitative estimate of drug-likeness (QED) is 0.797. The first kappa shape index (κ1) is 13.1. The Hall–Kier alpha value is -1.95. The molecule has 1 rings (SSSR count). The molecule has 6 heteroatoms. The summed E-state index contributed by atoms with van der Waals surface area (Å²) in [6.07, 6.45) is 0. The Labute approximate surface area is 97.1 Å². The van der Waals surface area contributed by atoms with Crippen LogP contribution >= 0.6 is 0 Å². The fourth-order valence-corrected chi connectivity index (χ4v) is 1.33. The summed E-state index contributed by atoms with van der Waals surface area (Å²) < 4.78 is 13.3. The first-order chi connectivity index (χ1) is 7.99. The Morgan fingerprint density at radius 1 is 1.41 bits per heavy atom. The van der Waals surface area contributed by atoms with Crippen LogP contribution < -0.4 is 0 Å². The molecular weight excluding hydrogens is 229 g/mol. The van der Waals surface area contributed by atoms with Gasteiger partial charge in [-0.25, -0.2) is 9.18 Å². The zero-order valence-electron chi connectivity index (χ0n) is 9.13. The van der Waals surface area contributed by atoms with E-state index in [1.807, 2.05) is 0 Å². The van der Waals surface area contributed by atoms with Crippen molar-refractivity contribution in [3.8, 4) is 0 Å². The Morgan fingerprint density at radius 3 is 2.47 bits per heavy atom. The maximum Gasteiger partial charge on any atom is 0.328 e. The Morgan fingerprint density at radius 2 is 2.00 bits per heavy atom. The van der Waals surface area contributed by atoms with Crippen LogP contribution in [0.3, 0.4) is 0 Å². The number of aliphatic hydroxyl groups excluding tert-OH is 1. The van der Waals surface area contributed by atoms with Gasteiger partial charge in [-0.3, -0.25) is 4.79 Å². The summed E-state index contributed by atoms with van der Waals surface area (Å²) in [6, 6.07) is 3.87. The van der Waals surface area contributed by atoms with Crippen molar-refractivity contribution < 1.29 is 24.2 Å². The van der Waals surface area contributed by atoms with Crippen LogP contribution in [0.25, 0.3) is 0 Å². The number of rotatable bonds is 4. The van der Waals surface area contributed by atoms with Crippen LogP contribution in [0.1, 0.15) is 10.4 Å². The van der Waals surface area contributed by atoms with Gasteiger partial charge in [-0.05, 0) is 12.1 Å². The number of amides is 1. The van der Waals surface area contributed by atoms with Gasteiger partial charge in [-0.15, -0.1) is 0 Å². The zero-order valence-corrected chi connectivity index (χ0v) is 9.13. The summed E-state index contributed by atoms with van der Waals surface area (Å²) in [5, 5.41) is 17.6.